The van der Waals surface area contributed by atoms with Crippen LogP contribution in [-0.2, 0) is 0 Å². The average molecular weight is 207 g/mol. The molecule has 1 aromatic heterocycles. The topological polar surface area (TPSA) is 37.4 Å². The van der Waals surface area contributed by atoms with Gasteiger partial charge in [0.05, 0.1) is 18.0 Å². The molecule has 1 fully saturated rings. The van der Waals surface area contributed by atoms with Gasteiger partial charge < -0.3 is 15.0 Å². The number of hydrogen-bond donors (Lipinski definition) is 1. The van der Waals surface area contributed by atoms with Gasteiger partial charge in [-0.05, 0) is 12.8 Å². The molecule has 0 aliphatic heterocycles. The number of anilines is 2. The van der Waals surface area contributed by atoms with Crippen LogP contribution < -0.4 is 15.0 Å². The van der Waals surface area contributed by atoms with Crippen molar-refractivity contribution in [3.63, 3.8) is 0 Å². The zero-order chi connectivity index (χ0) is 10.8. The Hall–Kier alpha value is -1.45. The van der Waals surface area contributed by atoms with Crippen molar-refractivity contribution in [2.24, 2.45) is 0 Å². The van der Waals surface area contributed by atoms with Gasteiger partial charge in [-0.3, -0.25) is 0 Å². The summed E-state index contributed by atoms with van der Waals surface area (Å²) in [5.41, 5.74) is 0.998. The number of rotatable bonds is 4. The number of nitrogens with zero attached hydrogens (tertiary/aromatic N) is 2. The molecular formula is C11H17N3O. The minimum Gasteiger partial charge on any atom is -0.489 e. The highest BCUT2D eigenvalue weighted by Crippen LogP contribution is 2.30. The molecule has 4 nitrogen and oxygen atoms in total. The summed E-state index contributed by atoms with van der Waals surface area (Å²) in [6.45, 7) is 0. The SMILES string of the molecule is CNc1cc(OC2CC2)cnc1N(C)C. The third-order valence-corrected chi connectivity index (χ3v) is 2.36. The molecule has 0 aromatic carbocycles. The highest BCUT2D eigenvalue weighted by molar-refractivity contribution is 5.66. The fourth-order valence-corrected chi connectivity index (χ4v) is 1.42. The average Bonchev–Trinajstić information content (AvgIpc) is 3.01. The standard InChI is InChI=1S/C11H17N3O/c1-12-10-6-9(15-8-4-5-8)7-13-11(10)14(2)3/h6-8,12H,4-5H2,1-3H3. The Morgan fingerprint density at radius 3 is 2.73 bits per heavy atom. The Morgan fingerprint density at radius 1 is 1.47 bits per heavy atom. The van der Waals surface area contributed by atoms with Crippen molar-refractivity contribution in [2.45, 2.75) is 18.9 Å². The van der Waals surface area contributed by atoms with Gasteiger partial charge in [-0.1, -0.05) is 0 Å². The molecule has 82 valence electrons. The summed E-state index contributed by atoms with van der Waals surface area (Å²) in [6.07, 6.45) is 4.55. The number of aromatic nitrogens is 1. The van der Waals surface area contributed by atoms with Crippen LogP contribution >= 0.6 is 0 Å². The van der Waals surface area contributed by atoms with Gasteiger partial charge in [0.25, 0.3) is 0 Å². The first kappa shape index (κ1) is 10.1. The molecule has 1 aliphatic carbocycles. The lowest BCUT2D eigenvalue weighted by atomic mass is 10.3. The maximum atomic E-state index is 5.68. The predicted octanol–water partition coefficient (Wildman–Crippen LogP) is 1.73. The predicted molar refractivity (Wildman–Crippen MR) is 61.8 cm³/mol. The van der Waals surface area contributed by atoms with Crippen LogP contribution in [0.2, 0.25) is 0 Å². The summed E-state index contributed by atoms with van der Waals surface area (Å²) < 4.78 is 5.68. The van der Waals surface area contributed by atoms with E-state index in [1.165, 1.54) is 12.8 Å². The number of nitrogens with one attached hydrogen (secondary N) is 1. The third kappa shape index (κ3) is 2.32. The first-order chi connectivity index (χ1) is 7.20. The van der Waals surface area contributed by atoms with Gasteiger partial charge in [0.1, 0.15) is 5.75 Å². The van der Waals surface area contributed by atoms with Gasteiger partial charge in [0.2, 0.25) is 0 Å². The summed E-state index contributed by atoms with van der Waals surface area (Å²) in [5, 5.41) is 3.13. The van der Waals surface area contributed by atoms with E-state index in [2.05, 4.69) is 10.3 Å². The summed E-state index contributed by atoms with van der Waals surface area (Å²) in [4.78, 5) is 6.35. The molecule has 0 atom stereocenters. The van der Waals surface area contributed by atoms with Crippen LogP contribution in [0.1, 0.15) is 12.8 Å². The Balaban J connectivity index is 2.20. The second kappa shape index (κ2) is 3.96. The summed E-state index contributed by atoms with van der Waals surface area (Å²) in [6, 6.07) is 2.00. The Kier molecular flexibility index (Phi) is 2.66. The quantitative estimate of drug-likeness (QED) is 0.816. The molecule has 1 aliphatic rings. The highest BCUT2D eigenvalue weighted by Gasteiger charge is 2.23. The van der Waals surface area contributed by atoms with Crippen molar-refractivity contribution in [1.29, 1.82) is 0 Å². The smallest absolute Gasteiger partial charge is 0.151 e. The van der Waals surface area contributed by atoms with Crippen LogP contribution in [0.5, 0.6) is 5.75 Å². The van der Waals surface area contributed by atoms with Crippen LogP contribution in [0.3, 0.4) is 0 Å². The van der Waals surface area contributed by atoms with Crippen LogP contribution in [0, 0.1) is 0 Å². The van der Waals surface area contributed by atoms with Crippen LogP contribution in [0.4, 0.5) is 11.5 Å². The fraction of sp³-hybridized carbons (Fsp3) is 0.545. The number of pyridine rings is 1. The van der Waals surface area contributed by atoms with Crippen molar-refractivity contribution in [2.75, 3.05) is 31.4 Å². The van der Waals surface area contributed by atoms with E-state index < -0.39 is 0 Å². The molecule has 1 N–H and O–H groups in total. The molecule has 0 amide bonds. The largest absolute Gasteiger partial charge is 0.489 e. The summed E-state index contributed by atoms with van der Waals surface area (Å²) in [5.74, 6) is 1.79. The Labute approximate surface area is 90.3 Å². The lowest BCUT2D eigenvalue weighted by molar-refractivity contribution is 0.302. The van der Waals surface area contributed by atoms with E-state index in [-0.39, 0.29) is 0 Å². The molecule has 15 heavy (non-hydrogen) atoms. The van der Waals surface area contributed by atoms with E-state index in [4.69, 9.17) is 4.74 Å². The normalized spacial score (nSPS) is 14.9. The van der Waals surface area contributed by atoms with Crippen LogP contribution in [0.15, 0.2) is 12.3 Å². The first-order valence-electron chi connectivity index (χ1n) is 5.22. The van der Waals surface area contributed by atoms with Gasteiger partial charge in [-0.25, -0.2) is 4.98 Å². The van der Waals surface area contributed by atoms with E-state index in [0.717, 1.165) is 17.3 Å². The van der Waals surface area contributed by atoms with Gasteiger partial charge in [-0.15, -0.1) is 0 Å². The summed E-state index contributed by atoms with van der Waals surface area (Å²) in [7, 11) is 5.85. The van der Waals surface area contributed by atoms with E-state index in [1.807, 2.05) is 32.1 Å². The molecule has 1 aromatic rings. The highest BCUT2D eigenvalue weighted by atomic mass is 16.5. The van der Waals surface area contributed by atoms with Crippen LogP contribution in [0.25, 0.3) is 0 Å². The fourth-order valence-electron chi connectivity index (χ4n) is 1.42. The van der Waals surface area contributed by atoms with E-state index in [1.54, 1.807) is 6.20 Å². The molecule has 2 rings (SSSR count). The molecule has 0 radical (unpaired) electrons. The lowest BCUT2D eigenvalue weighted by Crippen LogP contribution is -2.13. The zero-order valence-corrected chi connectivity index (χ0v) is 9.45. The van der Waals surface area contributed by atoms with Gasteiger partial charge in [0, 0.05) is 27.2 Å². The van der Waals surface area contributed by atoms with Crippen molar-refractivity contribution in [1.82, 2.24) is 4.98 Å². The Bertz CT molecular complexity index is 348. The number of ether oxygens (including phenoxy) is 1. The van der Waals surface area contributed by atoms with Crippen molar-refractivity contribution in [3.8, 4) is 5.75 Å². The molecule has 1 saturated carbocycles. The van der Waals surface area contributed by atoms with Crippen molar-refractivity contribution >= 4 is 11.5 Å². The third-order valence-electron chi connectivity index (χ3n) is 2.36. The first-order valence-corrected chi connectivity index (χ1v) is 5.22. The summed E-state index contributed by atoms with van der Waals surface area (Å²) >= 11 is 0. The van der Waals surface area contributed by atoms with Gasteiger partial charge >= 0.3 is 0 Å². The monoisotopic (exact) mass is 207 g/mol. The molecule has 0 bridgehead atoms. The zero-order valence-electron chi connectivity index (χ0n) is 9.45. The molecule has 0 spiro atoms. The van der Waals surface area contributed by atoms with Gasteiger partial charge in [-0.2, -0.15) is 0 Å². The maximum absolute atomic E-state index is 5.68. The maximum Gasteiger partial charge on any atom is 0.151 e. The van der Waals surface area contributed by atoms with Crippen molar-refractivity contribution in [3.05, 3.63) is 12.3 Å². The second-order valence-electron chi connectivity index (χ2n) is 4.00. The second-order valence-corrected chi connectivity index (χ2v) is 4.00. The van der Waals surface area contributed by atoms with E-state index in [9.17, 15) is 0 Å². The van der Waals surface area contributed by atoms with Crippen molar-refractivity contribution < 1.29 is 4.74 Å². The Morgan fingerprint density at radius 2 is 2.20 bits per heavy atom. The van der Waals surface area contributed by atoms with Crippen LogP contribution in [-0.4, -0.2) is 32.2 Å². The molecule has 0 saturated heterocycles. The molecular weight excluding hydrogens is 190 g/mol. The van der Waals surface area contributed by atoms with E-state index in [0.29, 0.717) is 6.10 Å². The minimum atomic E-state index is 0.418. The molecule has 4 heteroatoms. The van der Waals surface area contributed by atoms with Gasteiger partial charge in [0.15, 0.2) is 5.82 Å². The van der Waals surface area contributed by atoms with E-state index >= 15 is 0 Å². The lowest BCUT2D eigenvalue weighted by Gasteiger charge is -2.16. The number of hydrogen-bond acceptors (Lipinski definition) is 4. The molecule has 0 unspecified atom stereocenters. The minimum absolute atomic E-state index is 0.418. The molecule has 1 heterocycles.